The lowest BCUT2D eigenvalue weighted by molar-refractivity contribution is -0.118. The van der Waals surface area contributed by atoms with Gasteiger partial charge in [0.2, 0.25) is 11.1 Å². The van der Waals surface area contributed by atoms with Gasteiger partial charge in [0.15, 0.2) is 11.5 Å². The molecule has 0 saturated carbocycles. The van der Waals surface area contributed by atoms with Gasteiger partial charge in [-0.3, -0.25) is 4.79 Å². The fraction of sp³-hybridized carbons (Fsp3) is 0.214. The number of rotatable bonds is 6. The topological polar surface area (TPSA) is 116 Å². The Morgan fingerprint density at radius 1 is 1.27 bits per heavy atom. The predicted octanol–water partition coefficient (Wildman–Crippen LogP) is 0.785. The van der Waals surface area contributed by atoms with Crippen molar-refractivity contribution in [3.8, 4) is 10.6 Å². The van der Waals surface area contributed by atoms with Crippen LogP contribution in [-0.4, -0.2) is 51.7 Å². The Morgan fingerprint density at radius 2 is 2.19 bits per heavy atom. The van der Waals surface area contributed by atoms with E-state index in [1.165, 1.54) is 16.4 Å². The van der Waals surface area contributed by atoms with Crippen LogP contribution in [0.5, 0.6) is 0 Å². The van der Waals surface area contributed by atoms with Crippen molar-refractivity contribution in [2.24, 2.45) is 7.05 Å². The van der Waals surface area contributed by atoms with Crippen LogP contribution in [0.2, 0.25) is 0 Å². The first-order chi connectivity index (χ1) is 12.7. The number of aromatic nitrogens is 8. The largest absolute Gasteiger partial charge is 0.348 e. The molecule has 1 amide bonds. The van der Waals surface area contributed by atoms with Crippen molar-refractivity contribution in [1.82, 2.24) is 45.3 Å². The highest BCUT2D eigenvalue weighted by Gasteiger charge is 2.12. The second-order valence-electron chi connectivity index (χ2n) is 5.23. The number of thiophene rings is 1. The van der Waals surface area contributed by atoms with Crippen molar-refractivity contribution in [3.05, 3.63) is 35.5 Å². The highest BCUT2D eigenvalue weighted by Crippen LogP contribution is 2.22. The van der Waals surface area contributed by atoms with Crippen LogP contribution in [0.3, 0.4) is 0 Å². The number of nitrogens with one attached hydrogen (secondary N) is 1. The van der Waals surface area contributed by atoms with Crippen molar-refractivity contribution < 1.29 is 4.79 Å². The monoisotopic (exact) mass is 387 g/mol. The summed E-state index contributed by atoms with van der Waals surface area (Å²) >= 11 is 2.87. The Morgan fingerprint density at radius 3 is 2.96 bits per heavy atom. The molecule has 0 bridgehead atoms. The summed E-state index contributed by atoms with van der Waals surface area (Å²) in [4.78, 5) is 13.1. The van der Waals surface area contributed by atoms with Crippen LogP contribution >= 0.6 is 23.1 Å². The number of carbonyl (C=O) groups is 1. The average molecular weight is 387 g/mol. The van der Waals surface area contributed by atoms with Crippen molar-refractivity contribution >= 4 is 34.7 Å². The van der Waals surface area contributed by atoms with Gasteiger partial charge in [-0.15, -0.1) is 26.6 Å². The number of fused-ring (bicyclic) bond motifs is 1. The summed E-state index contributed by atoms with van der Waals surface area (Å²) in [7, 11) is 1.72. The van der Waals surface area contributed by atoms with Crippen molar-refractivity contribution in [2.45, 2.75) is 11.7 Å². The Labute approximate surface area is 155 Å². The molecule has 0 fully saturated rings. The Kier molecular flexibility index (Phi) is 4.58. The summed E-state index contributed by atoms with van der Waals surface area (Å²) in [6.45, 7) is 0.235. The number of aryl methyl sites for hydroxylation is 1. The molecule has 0 saturated heterocycles. The highest BCUT2D eigenvalue weighted by molar-refractivity contribution is 7.99. The number of tetrazole rings is 1. The normalized spacial score (nSPS) is 11.1. The lowest BCUT2D eigenvalue weighted by atomic mass is 10.3. The Bertz CT molecular complexity index is 1040. The van der Waals surface area contributed by atoms with E-state index in [-0.39, 0.29) is 18.2 Å². The molecule has 4 heterocycles. The minimum atomic E-state index is -0.149. The lowest BCUT2D eigenvalue weighted by Gasteiger charge is -2.04. The van der Waals surface area contributed by atoms with Crippen LogP contribution in [0, 0.1) is 0 Å². The van der Waals surface area contributed by atoms with Crippen molar-refractivity contribution in [3.63, 3.8) is 0 Å². The minimum absolute atomic E-state index is 0.149. The van der Waals surface area contributed by atoms with E-state index in [1.807, 2.05) is 29.6 Å². The molecule has 0 aliphatic carbocycles. The molecule has 0 radical (unpaired) electrons. The maximum atomic E-state index is 12.0. The van der Waals surface area contributed by atoms with Crippen LogP contribution in [0.25, 0.3) is 16.2 Å². The second-order valence-corrected chi connectivity index (χ2v) is 7.12. The van der Waals surface area contributed by atoms with Gasteiger partial charge < -0.3 is 5.32 Å². The molecule has 0 aliphatic heterocycles. The molecular formula is C14H13N9OS2. The van der Waals surface area contributed by atoms with Crippen molar-refractivity contribution in [1.29, 1.82) is 0 Å². The quantitative estimate of drug-likeness (QED) is 0.483. The summed E-state index contributed by atoms with van der Waals surface area (Å²) in [5.74, 6) is 0.625. The minimum Gasteiger partial charge on any atom is -0.348 e. The summed E-state index contributed by atoms with van der Waals surface area (Å²) in [5, 5.41) is 29.2. The number of nitrogens with zero attached hydrogens (tertiary/aromatic N) is 8. The van der Waals surface area contributed by atoms with Gasteiger partial charge in [-0.25, -0.2) is 4.68 Å². The third-order valence-electron chi connectivity index (χ3n) is 3.46. The smallest absolute Gasteiger partial charge is 0.230 e. The average Bonchev–Trinajstić information content (AvgIpc) is 3.39. The molecule has 0 aromatic carbocycles. The molecule has 132 valence electrons. The van der Waals surface area contributed by atoms with E-state index in [0.29, 0.717) is 16.6 Å². The fourth-order valence-electron chi connectivity index (χ4n) is 2.20. The molecule has 0 atom stereocenters. The molecule has 4 rings (SSSR count). The number of carbonyl (C=O) groups excluding carboxylic acids is 1. The fourth-order valence-corrected chi connectivity index (χ4v) is 3.57. The van der Waals surface area contributed by atoms with Crippen LogP contribution in [-0.2, 0) is 18.4 Å². The van der Waals surface area contributed by atoms with Gasteiger partial charge in [-0.2, -0.15) is 9.61 Å². The van der Waals surface area contributed by atoms with E-state index >= 15 is 0 Å². The molecule has 26 heavy (non-hydrogen) atoms. The number of hydrogen-bond donors (Lipinski definition) is 1. The van der Waals surface area contributed by atoms with E-state index in [2.05, 4.69) is 36.1 Å². The zero-order valence-corrected chi connectivity index (χ0v) is 15.2. The lowest BCUT2D eigenvalue weighted by Crippen LogP contribution is -2.26. The third kappa shape index (κ3) is 3.41. The van der Waals surface area contributed by atoms with E-state index in [4.69, 9.17) is 0 Å². The number of hydrogen-bond acceptors (Lipinski definition) is 9. The molecule has 4 aromatic heterocycles. The summed E-state index contributed by atoms with van der Waals surface area (Å²) in [6.07, 6.45) is 0. The number of thioether (sulfide) groups is 1. The van der Waals surface area contributed by atoms with Gasteiger partial charge in [0.1, 0.15) is 5.69 Å². The summed E-state index contributed by atoms with van der Waals surface area (Å²) in [5.41, 5.74) is 1.47. The van der Waals surface area contributed by atoms with Crippen LogP contribution in [0.1, 0.15) is 5.82 Å². The van der Waals surface area contributed by atoms with Gasteiger partial charge in [0, 0.05) is 7.05 Å². The maximum absolute atomic E-state index is 12.0. The summed E-state index contributed by atoms with van der Waals surface area (Å²) in [6, 6.07) is 7.74. The van der Waals surface area contributed by atoms with Crippen LogP contribution in [0.15, 0.2) is 34.8 Å². The Hall–Kier alpha value is -2.86. The molecule has 0 aliphatic rings. The van der Waals surface area contributed by atoms with E-state index in [0.717, 1.165) is 10.6 Å². The standard InChI is InChI=1S/C14H13N9OS2/c1-22-14(18-20-21-22)26-8-13(24)15-7-12-17-16-11-5-4-9(19-23(11)12)10-3-2-6-25-10/h2-6H,7-8H2,1H3,(H,15,24). The molecule has 12 heteroatoms. The van der Waals surface area contributed by atoms with Gasteiger partial charge in [0.25, 0.3) is 0 Å². The van der Waals surface area contributed by atoms with Gasteiger partial charge >= 0.3 is 0 Å². The zero-order chi connectivity index (χ0) is 17.9. The highest BCUT2D eigenvalue weighted by atomic mass is 32.2. The van der Waals surface area contributed by atoms with Gasteiger partial charge in [-0.05, 0) is 34.0 Å². The van der Waals surface area contributed by atoms with Crippen LogP contribution in [0.4, 0.5) is 0 Å². The van der Waals surface area contributed by atoms with E-state index in [9.17, 15) is 4.79 Å². The second kappa shape index (κ2) is 7.17. The Balaban J connectivity index is 1.43. The van der Waals surface area contributed by atoms with E-state index in [1.54, 1.807) is 22.9 Å². The predicted molar refractivity (Wildman–Crippen MR) is 95.5 cm³/mol. The first kappa shape index (κ1) is 16.6. The first-order valence-electron chi connectivity index (χ1n) is 7.58. The summed E-state index contributed by atoms with van der Waals surface area (Å²) < 4.78 is 3.16. The molecule has 0 spiro atoms. The maximum Gasteiger partial charge on any atom is 0.230 e. The molecule has 0 unspecified atom stereocenters. The molecule has 1 N–H and O–H groups in total. The third-order valence-corrected chi connectivity index (χ3v) is 5.36. The zero-order valence-electron chi connectivity index (χ0n) is 13.6. The molecule has 10 nitrogen and oxygen atoms in total. The van der Waals surface area contributed by atoms with Gasteiger partial charge in [0.05, 0.1) is 17.2 Å². The van der Waals surface area contributed by atoms with Crippen LogP contribution < -0.4 is 5.32 Å². The van der Waals surface area contributed by atoms with Crippen molar-refractivity contribution in [2.75, 3.05) is 5.75 Å². The SMILES string of the molecule is Cn1nnnc1SCC(=O)NCc1nnc2ccc(-c3cccs3)nn12. The van der Waals surface area contributed by atoms with Gasteiger partial charge in [-0.1, -0.05) is 17.8 Å². The number of amides is 1. The molecule has 4 aromatic rings. The van der Waals surface area contributed by atoms with E-state index < -0.39 is 0 Å². The molecular weight excluding hydrogens is 374 g/mol. The first-order valence-corrected chi connectivity index (χ1v) is 9.44.